The van der Waals surface area contributed by atoms with Gasteiger partial charge >= 0.3 is 5.97 Å². The van der Waals surface area contributed by atoms with Gasteiger partial charge in [0.2, 0.25) is 0 Å². The summed E-state index contributed by atoms with van der Waals surface area (Å²) in [5.41, 5.74) is 0. The smallest absolute Gasteiger partial charge is 0.332 e. The molecular formula is C14H22O3S2Si2. The number of hydrogen-bond acceptors (Lipinski definition) is 4. The van der Waals surface area contributed by atoms with Crippen molar-refractivity contribution in [2.24, 2.45) is 0 Å². The number of ether oxygens (including phenoxy) is 1. The Labute approximate surface area is 135 Å². The van der Waals surface area contributed by atoms with Crippen molar-refractivity contribution in [2.45, 2.75) is 52.3 Å². The fourth-order valence-electron chi connectivity index (χ4n) is 3.59. The van der Waals surface area contributed by atoms with Crippen LogP contribution < -0.4 is 0 Å². The van der Waals surface area contributed by atoms with E-state index in [0.717, 1.165) is 0 Å². The van der Waals surface area contributed by atoms with Gasteiger partial charge in [0.15, 0.2) is 4.93 Å². The summed E-state index contributed by atoms with van der Waals surface area (Å²) < 4.78 is 18.6. The molecule has 21 heavy (non-hydrogen) atoms. The molecule has 0 aliphatic carbocycles. The molecule has 3 rings (SSSR count). The van der Waals surface area contributed by atoms with E-state index >= 15 is 0 Å². The number of carbonyl (C=O) groups excluding carboxylic acids is 1. The van der Waals surface area contributed by atoms with Crippen molar-refractivity contribution >= 4 is 44.7 Å². The highest BCUT2D eigenvalue weighted by Gasteiger charge is 2.79. The predicted octanol–water partition coefficient (Wildman–Crippen LogP) is 3.05. The molecule has 3 nitrogen and oxygen atoms in total. The van der Waals surface area contributed by atoms with Gasteiger partial charge < -0.3 is 4.74 Å². The number of esters is 1. The molecular weight excluding hydrogens is 336 g/mol. The minimum absolute atomic E-state index is 0.302. The molecule has 1 fully saturated rings. The van der Waals surface area contributed by atoms with Crippen molar-refractivity contribution < 1.29 is 13.7 Å². The molecule has 4 atom stereocenters. The molecule has 0 N–H and O–H groups in total. The minimum Gasteiger partial charge on any atom is -0.439 e. The van der Waals surface area contributed by atoms with Gasteiger partial charge in [0.25, 0.3) is 0 Å². The van der Waals surface area contributed by atoms with Crippen molar-refractivity contribution in [3.63, 3.8) is 0 Å². The molecule has 3 aliphatic rings. The highest BCUT2D eigenvalue weighted by atomic mass is 32.2. The normalized spacial score (nSPS) is 44.9. The second-order valence-corrected chi connectivity index (χ2v) is 23.2. The van der Waals surface area contributed by atoms with Gasteiger partial charge in [-0.2, -0.15) is 0 Å². The van der Waals surface area contributed by atoms with Crippen LogP contribution in [-0.4, -0.2) is 39.3 Å². The molecule has 2 bridgehead atoms. The summed E-state index contributed by atoms with van der Waals surface area (Å²) in [6.45, 7) is 13.4. The Kier molecular flexibility index (Phi) is 3.03. The van der Waals surface area contributed by atoms with E-state index in [9.17, 15) is 9.00 Å². The molecule has 0 aromatic rings. The Hall–Kier alpha value is -0.116. The largest absolute Gasteiger partial charge is 0.439 e. The first-order chi connectivity index (χ1) is 9.42. The lowest BCUT2D eigenvalue weighted by molar-refractivity contribution is -0.140. The Morgan fingerprint density at radius 2 is 1.67 bits per heavy atom. The van der Waals surface area contributed by atoms with E-state index in [4.69, 9.17) is 4.74 Å². The molecule has 0 aromatic carbocycles. The van der Waals surface area contributed by atoms with E-state index in [-0.39, 0.29) is 9.67 Å². The van der Waals surface area contributed by atoms with Gasteiger partial charge in [-0.3, -0.25) is 4.21 Å². The molecule has 0 radical (unpaired) electrons. The van der Waals surface area contributed by atoms with Crippen LogP contribution in [0.5, 0.6) is 0 Å². The van der Waals surface area contributed by atoms with Crippen LogP contribution >= 0.6 is 11.8 Å². The maximum atomic E-state index is 13.6. The van der Waals surface area contributed by atoms with Crippen LogP contribution in [0.2, 0.25) is 39.3 Å². The summed E-state index contributed by atoms with van der Waals surface area (Å²) in [5.74, 6) is -0.302. The summed E-state index contributed by atoms with van der Waals surface area (Å²) in [4.78, 5) is 11.0. The van der Waals surface area contributed by atoms with E-state index in [1.54, 1.807) is 11.8 Å². The van der Waals surface area contributed by atoms with Crippen molar-refractivity contribution in [1.29, 1.82) is 0 Å². The van der Waals surface area contributed by atoms with Crippen LogP contribution in [0.1, 0.15) is 0 Å². The molecule has 116 valence electrons. The highest BCUT2D eigenvalue weighted by Crippen LogP contribution is 2.69. The quantitative estimate of drug-likeness (QED) is 0.432. The fourth-order valence-corrected chi connectivity index (χ4v) is 18.3. The van der Waals surface area contributed by atoms with Gasteiger partial charge in [-0.25, -0.2) is 4.79 Å². The fraction of sp³-hybridized carbons (Fsp3) is 0.643. The van der Waals surface area contributed by atoms with Crippen LogP contribution in [0.25, 0.3) is 0 Å². The first kappa shape index (κ1) is 15.8. The van der Waals surface area contributed by atoms with E-state index in [1.807, 2.05) is 6.08 Å². The van der Waals surface area contributed by atoms with Gasteiger partial charge in [0.1, 0.15) is 8.07 Å². The average molecular weight is 359 g/mol. The number of thioether (sulfide) groups is 1. The van der Waals surface area contributed by atoms with Gasteiger partial charge in [0.05, 0.1) is 26.9 Å². The van der Waals surface area contributed by atoms with E-state index in [0.29, 0.717) is 0 Å². The van der Waals surface area contributed by atoms with E-state index in [2.05, 4.69) is 51.4 Å². The first-order valence-electron chi connectivity index (χ1n) is 7.17. The third kappa shape index (κ3) is 1.61. The summed E-state index contributed by atoms with van der Waals surface area (Å²) >= 11 is 1.64. The van der Waals surface area contributed by atoms with Crippen molar-refractivity contribution in [2.75, 3.05) is 0 Å². The second-order valence-electron chi connectivity index (χ2n) is 8.03. The molecule has 1 spiro atoms. The lowest BCUT2D eigenvalue weighted by atomic mass is 10.2. The summed E-state index contributed by atoms with van der Waals surface area (Å²) in [6.07, 6.45) is 7.72. The topological polar surface area (TPSA) is 43.4 Å². The molecule has 3 heterocycles. The standard InChI is InChI=1S/C14H22O3S2Si2/c1-20(2,3)13-9-10-14(19(13)16,21(4,5)6)18-12(13)8-7-11(15)17-12/h7-10H,1-6H3/t12-,13+,14-,19+/m0/s1. The van der Waals surface area contributed by atoms with Crippen LogP contribution in [-0.2, 0) is 20.3 Å². The lowest BCUT2D eigenvalue weighted by Crippen LogP contribution is -2.63. The zero-order valence-corrected chi connectivity index (χ0v) is 17.0. The molecule has 0 unspecified atom stereocenters. The van der Waals surface area contributed by atoms with E-state index < -0.39 is 36.3 Å². The van der Waals surface area contributed by atoms with Crippen molar-refractivity contribution in [3.8, 4) is 0 Å². The zero-order valence-electron chi connectivity index (χ0n) is 13.4. The Morgan fingerprint density at radius 3 is 2.10 bits per heavy atom. The number of hydrogen-bond donors (Lipinski definition) is 0. The first-order valence-corrected chi connectivity index (χ1v) is 16.1. The molecule has 0 aromatic heterocycles. The van der Waals surface area contributed by atoms with Crippen molar-refractivity contribution in [1.82, 2.24) is 0 Å². The molecule has 0 amide bonds. The Bertz CT molecular complexity index is 617. The average Bonchev–Trinajstić information content (AvgIpc) is 2.87. The maximum absolute atomic E-state index is 13.6. The molecule has 1 saturated heterocycles. The van der Waals surface area contributed by atoms with Gasteiger partial charge in [-0.1, -0.05) is 63.2 Å². The Balaban J connectivity index is 2.28. The number of carbonyl (C=O) groups is 1. The molecule has 3 aliphatic heterocycles. The zero-order chi connectivity index (χ0) is 15.9. The van der Waals surface area contributed by atoms with Crippen LogP contribution in [0.15, 0.2) is 24.3 Å². The monoisotopic (exact) mass is 358 g/mol. The third-order valence-electron chi connectivity index (χ3n) is 4.78. The molecule has 0 saturated carbocycles. The van der Waals surface area contributed by atoms with Crippen LogP contribution in [0.4, 0.5) is 0 Å². The van der Waals surface area contributed by atoms with Crippen molar-refractivity contribution in [3.05, 3.63) is 24.3 Å². The summed E-state index contributed by atoms with van der Waals surface area (Å²) in [7, 11) is -4.72. The summed E-state index contributed by atoms with van der Waals surface area (Å²) in [5, 5.41) is 0. The maximum Gasteiger partial charge on any atom is 0.332 e. The lowest BCUT2D eigenvalue weighted by Gasteiger charge is -2.44. The van der Waals surface area contributed by atoms with Crippen LogP contribution in [0.3, 0.4) is 0 Å². The van der Waals surface area contributed by atoms with E-state index in [1.165, 1.54) is 6.08 Å². The highest BCUT2D eigenvalue weighted by molar-refractivity contribution is 8.21. The SMILES string of the molecule is C[Si](C)(C)[C@]12C=C[C@]([Si](C)(C)C)([S@]1=O)[C@]1(C=CC(=O)O1)S2. The third-order valence-corrected chi connectivity index (χ3v) is 20.7. The van der Waals surface area contributed by atoms with Gasteiger partial charge in [-0.05, 0) is 6.08 Å². The van der Waals surface area contributed by atoms with Gasteiger partial charge in [0, 0.05) is 6.08 Å². The minimum atomic E-state index is -1.90. The number of rotatable bonds is 2. The number of fused-ring (bicyclic) bond motifs is 3. The molecule has 7 heteroatoms. The van der Waals surface area contributed by atoms with Crippen LogP contribution in [0, 0.1) is 0 Å². The van der Waals surface area contributed by atoms with Gasteiger partial charge in [-0.15, -0.1) is 0 Å². The predicted molar refractivity (Wildman–Crippen MR) is 95.0 cm³/mol. The summed E-state index contributed by atoms with van der Waals surface area (Å²) in [6, 6.07) is 0. The second kappa shape index (κ2) is 4.04. The Morgan fingerprint density at radius 1 is 1.05 bits per heavy atom.